The number of hydrogen-bond donors (Lipinski definition) is 1. The van der Waals surface area contributed by atoms with E-state index in [1.54, 1.807) is 0 Å². The van der Waals surface area contributed by atoms with E-state index in [0.29, 0.717) is 11.3 Å². The van der Waals surface area contributed by atoms with Crippen molar-refractivity contribution in [1.29, 1.82) is 0 Å². The van der Waals surface area contributed by atoms with Gasteiger partial charge in [-0.15, -0.1) is 0 Å². The van der Waals surface area contributed by atoms with E-state index in [9.17, 15) is 9.59 Å². The summed E-state index contributed by atoms with van der Waals surface area (Å²) in [6.45, 7) is 6.20. The van der Waals surface area contributed by atoms with Gasteiger partial charge in [-0.3, -0.25) is 9.59 Å². The smallest absolute Gasteiger partial charge is 0.275 e. The molecule has 1 aliphatic rings. The molecule has 1 heterocycles. The number of carbonyl (C=O) groups excluding carboxylic acids is 1. The molecule has 1 amide bonds. The molecule has 1 N–H and O–H groups in total. The van der Waals surface area contributed by atoms with Gasteiger partial charge in [0.1, 0.15) is 6.54 Å². The second-order valence-corrected chi connectivity index (χ2v) is 8.61. The SMILES string of the molecule is Cc1ccc(C)c(-c2nn(CC(=O)N[C@@H]3CCCC[C@H]3C)c(=O)c3ccccc23)c1. The molecule has 5 nitrogen and oxygen atoms in total. The molecule has 0 spiro atoms. The fraction of sp³-hybridized carbons (Fsp3) is 0.400. The summed E-state index contributed by atoms with van der Waals surface area (Å²) >= 11 is 0. The van der Waals surface area contributed by atoms with Gasteiger partial charge in [0.15, 0.2) is 0 Å². The molecule has 0 radical (unpaired) electrons. The van der Waals surface area contributed by atoms with E-state index < -0.39 is 0 Å². The molecule has 1 aromatic heterocycles. The zero-order chi connectivity index (χ0) is 21.3. The normalized spacial score (nSPS) is 19.0. The largest absolute Gasteiger partial charge is 0.351 e. The van der Waals surface area contributed by atoms with Crippen molar-refractivity contribution in [2.45, 2.75) is 59.0 Å². The molecule has 2 aromatic carbocycles. The summed E-state index contributed by atoms with van der Waals surface area (Å²) in [5.41, 5.74) is 3.71. The highest BCUT2D eigenvalue weighted by atomic mass is 16.2. The second kappa shape index (κ2) is 8.42. The number of aryl methyl sites for hydroxylation is 2. The van der Waals surface area contributed by atoms with Crippen LogP contribution in [-0.2, 0) is 11.3 Å². The number of benzene rings is 2. The van der Waals surface area contributed by atoms with Crippen molar-refractivity contribution in [1.82, 2.24) is 15.1 Å². The molecule has 30 heavy (non-hydrogen) atoms. The molecule has 1 fully saturated rings. The summed E-state index contributed by atoms with van der Waals surface area (Å²) in [7, 11) is 0. The monoisotopic (exact) mass is 403 g/mol. The van der Waals surface area contributed by atoms with Crippen molar-refractivity contribution in [3.8, 4) is 11.3 Å². The van der Waals surface area contributed by atoms with Gasteiger partial charge in [0.05, 0.1) is 11.1 Å². The molecule has 0 aliphatic heterocycles. The van der Waals surface area contributed by atoms with Crippen molar-refractivity contribution in [3.05, 3.63) is 63.9 Å². The maximum atomic E-state index is 13.1. The summed E-state index contributed by atoms with van der Waals surface area (Å²) in [5, 5.41) is 9.20. The van der Waals surface area contributed by atoms with Crippen LogP contribution >= 0.6 is 0 Å². The molecule has 0 unspecified atom stereocenters. The van der Waals surface area contributed by atoms with Crippen LogP contribution in [0.5, 0.6) is 0 Å². The predicted octanol–water partition coefficient (Wildman–Crippen LogP) is 4.38. The Labute approximate surface area is 177 Å². The highest BCUT2D eigenvalue weighted by Crippen LogP contribution is 2.28. The van der Waals surface area contributed by atoms with Crippen LogP contribution in [-0.4, -0.2) is 21.7 Å². The standard InChI is InChI=1S/C25H29N3O2/c1-16-12-13-17(2)21(14-16)24-19-9-5-6-10-20(19)25(30)28(27-24)15-23(29)26-22-11-7-4-8-18(22)3/h5-6,9-10,12-14,18,22H,4,7-8,11,15H2,1-3H3,(H,26,29)/t18-,22-/m1/s1. The lowest BCUT2D eigenvalue weighted by Crippen LogP contribution is -2.43. The highest BCUT2D eigenvalue weighted by Gasteiger charge is 2.23. The van der Waals surface area contributed by atoms with Crippen molar-refractivity contribution >= 4 is 16.7 Å². The number of hydrogen-bond acceptors (Lipinski definition) is 3. The zero-order valence-electron chi connectivity index (χ0n) is 17.9. The molecule has 156 valence electrons. The Balaban J connectivity index is 1.73. The van der Waals surface area contributed by atoms with Gasteiger partial charge in [-0.2, -0.15) is 5.10 Å². The number of nitrogens with zero attached hydrogens (tertiary/aromatic N) is 2. The molecule has 1 saturated carbocycles. The van der Waals surface area contributed by atoms with Crippen LogP contribution in [0.25, 0.3) is 22.0 Å². The molecule has 4 rings (SSSR count). The number of carbonyl (C=O) groups is 1. The first-order valence-corrected chi connectivity index (χ1v) is 10.8. The molecule has 3 aromatic rings. The lowest BCUT2D eigenvalue weighted by molar-refractivity contribution is -0.123. The van der Waals surface area contributed by atoms with Crippen molar-refractivity contribution in [2.24, 2.45) is 5.92 Å². The Kier molecular flexibility index (Phi) is 5.71. The van der Waals surface area contributed by atoms with E-state index >= 15 is 0 Å². The predicted molar refractivity (Wildman–Crippen MR) is 120 cm³/mol. The minimum Gasteiger partial charge on any atom is -0.351 e. The Bertz CT molecular complexity index is 1150. The first-order valence-electron chi connectivity index (χ1n) is 10.8. The summed E-state index contributed by atoms with van der Waals surface area (Å²) in [6.07, 6.45) is 4.50. The Morgan fingerprint density at radius 3 is 2.60 bits per heavy atom. The third-order valence-corrected chi connectivity index (χ3v) is 6.27. The molecule has 5 heteroatoms. The fourth-order valence-electron chi connectivity index (χ4n) is 4.45. The minimum atomic E-state index is -0.230. The molecule has 0 saturated heterocycles. The zero-order valence-corrected chi connectivity index (χ0v) is 17.9. The van der Waals surface area contributed by atoms with Crippen molar-refractivity contribution < 1.29 is 4.79 Å². The van der Waals surface area contributed by atoms with Crippen molar-refractivity contribution in [2.75, 3.05) is 0 Å². The minimum absolute atomic E-state index is 0.0647. The molecular formula is C25H29N3O2. The second-order valence-electron chi connectivity index (χ2n) is 8.61. The van der Waals surface area contributed by atoms with Crippen LogP contribution in [0, 0.1) is 19.8 Å². The van der Waals surface area contributed by atoms with Gasteiger partial charge in [0, 0.05) is 17.0 Å². The molecule has 1 aliphatic carbocycles. The van der Waals surface area contributed by atoms with Crippen LogP contribution in [0.1, 0.15) is 43.7 Å². The topological polar surface area (TPSA) is 64.0 Å². The van der Waals surface area contributed by atoms with Gasteiger partial charge in [-0.1, -0.05) is 55.7 Å². The van der Waals surface area contributed by atoms with Gasteiger partial charge in [0.2, 0.25) is 5.91 Å². The van der Waals surface area contributed by atoms with Gasteiger partial charge in [-0.25, -0.2) is 4.68 Å². The van der Waals surface area contributed by atoms with E-state index in [1.807, 2.05) is 38.1 Å². The van der Waals surface area contributed by atoms with Gasteiger partial charge >= 0.3 is 0 Å². The average Bonchev–Trinajstić information content (AvgIpc) is 2.74. The summed E-state index contributed by atoms with van der Waals surface area (Å²) in [4.78, 5) is 25.8. The fourth-order valence-corrected chi connectivity index (χ4v) is 4.45. The third kappa shape index (κ3) is 4.02. The van der Waals surface area contributed by atoms with Crippen LogP contribution in [0.2, 0.25) is 0 Å². The van der Waals surface area contributed by atoms with Crippen LogP contribution in [0.4, 0.5) is 0 Å². The quantitative estimate of drug-likeness (QED) is 0.703. The first kappa shape index (κ1) is 20.3. The number of aromatic nitrogens is 2. The van der Waals surface area contributed by atoms with Gasteiger partial charge in [-0.05, 0) is 50.3 Å². The van der Waals surface area contributed by atoms with Gasteiger partial charge in [0.25, 0.3) is 5.56 Å². The van der Waals surface area contributed by atoms with E-state index in [1.165, 1.54) is 11.1 Å². The van der Waals surface area contributed by atoms with E-state index in [-0.39, 0.29) is 24.1 Å². The lowest BCUT2D eigenvalue weighted by atomic mass is 9.86. The first-order chi connectivity index (χ1) is 14.4. The lowest BCUT2D eigenvalue weighted by Gasteiger charge is -2.29. The van der Waals surface area contributed by atoms with Crippen molar-refractivity contribution in [3.63, 3.8) is 0 Å². The maximum Gasteiger partial charge on any atom is 0.275 e. The Hall–Kier alpha value is -2.95. The highest BCUT2D eigenvalue weighted by molar-refractivity contribution is 5.94. The molecule has 2 atom stereocenters. The van der Waals surface area contributed by atoms with Crippen LogP contribution in [0.3, 0.4) is 0 Å². The van der Waals surface area contributed by atoms with Crippen LogP contribution < -0.4 is 10.9 Å². The number of amides is 1. The summed E-state index contributed by atoms with van der Waals surface area (Å²) in [5.74, 6) is 0.319. The van der Waals surface area contributed by atoms with Gasteiger partial charge < -0.3 is 5.32 Å². The molecule has 0 bridgehead atoms. The molecular weight excluding hydrogens is 374 g/mol. The average molecular weight is 404 g/mol. The van der Waals surface area contributed by atoms with E-state index in [4.69, 9.17) is 0 Å². The number of fused-ring (bicyclic) bond motifs is 1. The third-order valence-electron chi connectivity index (χ3n) is 6.27. The van der Waals surface area contributed by atoms with E-state index in [0.717, 1.165) is 47.0 Å². The Morgan fingerprint density at radius 2 is 1.83 bits per heavy atom. The van der Waals surface area contributed by atoms with Crippen LogP contribution in [0.15, 0.2) is 47.3 Å². The van der Waals surface area contributed by atoms with E-state index in [2.05, 4.69) is 35.5 Å². The maximum absolute atomic E-state index is 13.1. The number of rotatable bonds is 4. The number of nitrogens with one attached hydrogen (secondary N) is 1. The summed E-state index contributed by atoms with van der Waals surface area (Å²) in [6, 6.07) is 13.9. The Morgan fingerprint density at radius 1 is 1.10 bits per heavy atom. The summed E-state index contributed by atoms with van der Waals surface area (Å²) < 4.78 is 1.32.